The van der Waals surface area contributed by atoms with Crippen LogP contribution in [0.5, 0.6) is 11.5 Å². The third-order valence-electron chi connectivity index (χ3n) is 9.50. The highest BCUT2D eigenvalue weighted by molar-refractivity contribution is 6.10. The molecule has 0 unspecified atom stereocenters. The molecule has 280 valence electrons. The quantitative estimate of drug-likeness (QED) is 0.267. The van der Waals surface area contributed by atoms with Gasteiger partial charge < -0.3 is 40.1 Å². The Labute approximate surface area is 302 Å². The van der Waals surface area contributed by atoms with Gasteiger partial charge in [0.2, 0.25) is 0 Å². The number of hydrogen-bond acceptors (Lipinski definition) is 12. The van der Waals surface area contributed by atoms with Crippen LogP contribution in [0.3, 0.4) is 0 Å². The molecule has 52 heavy (non-hydrogen) atoms. The van der Waals surface area contributed by atoms with E-state index in [1.54, 1.807) is 0 Å². The Morgan fingerprint density at radius 2 is 1.06 bits per heavy atom. The standard InChI is InChI=1S/2C16H20N4O2.2C2H4O2/c2*1-9-3-14-13(5-12(9)4-11-6-17-7-11)20-10(2)16(21)19-18-15(20)8-22-14;2*1-2(3)4/h2*3,5,10-11,17H,4,6-8H2,1-2H3,(H,19,21);2*1H3,(H,3,4)/t2*10-;;/m10../s1. The van der Waals surface area contributed by atoms with E-state index in [0.29, 0.717) is 25.0 Å². The van der Waals surface area contributed by atoms with Crippen molar-refractivity contribution < 1.29 is 38.9 Å². The second-order valence-corrected chi connectivity index (χ2v) is 13.7. The molecule has 0 spiro atoms. The van der Waals surface area contributed by atoms with E-state index in [-0.39, 0.29) is 23.9 Å². The Morgan fingerprint density at radius 1 is 0.712 bits per heavy atom. The molecule has 0 aromatic heterocycles. The number of carbonyl (C=O) groups is 4. The smallest absolute Gasteiger partial charge is 0.300 e. The number of fused-ring (bicyclic) bond motifs is 6. The van der Waals surface area contributed by atoms with Crippen LogP contribution in [0.1, 0.15) is 49.9 Å². The molecule has 2 aromatic rings. The number of carboxylic acids is 2. The Balaban J connectivity index is 0.000000167. The molecule has 2 amide bonds. The summed E-state index contributed by atoms with van der Waals surface area (Å²) in [5.74, 6) is 2.79. The molecule has 16 nitrogen and oxygen atoms in total. The van der Waals surface area contributed by atoms with E-state index in [2.05, 4.69) is 69.8 Å². The predicted molar refractivity (Wildman–Crippen MR) is 195 cm³/mol. The van der Waals surface area contributed by atoms with Gasteiger partial charge in [0.15, 0.2) is 11.7 Å². The third kappa shape index (κ3) is 8.80. The molecule has 0 bridgehead atoms. The second kappa shape index (κ2) is 16.4. The fourth-order valence-electron chi connectivity index (χ4n) is 6.48. The molecule has 0 radical (unpaired) electrons. The zero-order valence-corrected chi connectivity index (χ0v) is 30.4. The molecule has 0 aliphatic carbocycles. The number of nitrogens with one attached hydrogen (secondary N) is 4. The summed E-state index contributed by atoms with van der Waals surface area (Å²) in [5.41, 5.74) is 12.2. The first-order chi connectivity index (χ1) is 24.7. The van der Waals surface area contributed by atoms with Crippen molar-refractivity contribution in [1.82, 2.24) is 21.5 Å². The third-order valence-corrected chi connectivity index (χ3v) is 9.50. The second-order valence-electron chi connectivity index (χ2n) is 13.7. The summed E-state index contributed by atoms with van der Waals surface area (Å²) in [6.07, 6.45) is 2.13. The molecule has 16 heteroatoms. The molecule has 0 saturated carbocycles. The molecule has 6 aliphatic heterocycles. The lowest BCUT2D eigenvalue weighted by atomic mass is 9.91. The van der Waals surface area contributed by atoms with Crippen molar-refractivity contribution in [3.63, 3.8) is 0 Å². The average Bonchev–Trinajstić information content (AvgIpc) is 3.04. The zero-order chi connectivity index (χ0) is 37.7. The number of anilines is 2. The van der Waals surface area contributed by atoms with Crippen molar-refractivity contribution in [2.75, 3.05) is 49.2 Å². The topological polar surface area (TPSA) is 207 Å². The summed E-state index contributed by atoms with van der Waals surface area (Å²) >= 11 is 0. The molecule has 2 saturated heterocycles. The average molecular weight is 721 g/mol. The molecule has 8 rings (SSSR count). The summed E-state index contributed by atoms with van der Waals surface area (Å²) in [7, 11) is 0. The minimum absolute atomic E-state index is 0.0816. The first kappa shape index (κ1) is 38.0. The van der Waals surface area contributed by atoms with E-state index in [9.17, 15) is 9.59 Å². The number of benzene rings is 2. The number of carbonyl (C=O) groups excluding carboxylic acids is 2. The number of aliphatic carboxylic acids is 2. The van der Waals surface area contributed by atoms with Gasteiger partial charge in [0, 0.05) is 13.8 Å². The number of amidine groups is 2. The number of amides is 2. The number of rotatable bonds is 4. The van der Waals surface area contributed by atoms with Crippen LogP contribution >= 0.6 is 0 Å². The van der Waals surface area contributed by atoms with E-state index in [4.69, 9.17) is 29.3 Å². The van der Waals surface area contributed by atoms with Gasteiger partial charge in [0.05, 0.1) is 11.4 Å². The van der Waals surface area contributed by atoms with Crippen LogP contribution in [0.25, 0.3) is 0 Å². The summed E-state index contributed by atoms with van der Waals surface area (Å²) in [4.78, 5) is 45.9. The number of carboxylic acid groups (broad SMARTS) is 2. The van der Waals surface area contributed by atoms with Crippen molar-refractivity contribution in [3.05, 3.63) is 46.5 Å². The van der Waals surface area contributed by atoms with Crippen LogP contribution in [0.4, 0.5) is 11.4 Å². The highest BCUT2D eigenvalue weighted by Crippen LogP contribution is 2.39. The van der Waals surface area contributed by atoms with Crippen molar-refractivity contribution in [2.45, 2.75) is 66.5 Å². The Hall–Kier alpha value is -5.22. The van der Waals surface area contributed by atoms with E-state index in [0.717, 1.165) is 87.4 Å². The SMILES string of the molecule is CC(=O)O.CC(=O)O.Cc1cc2c(cc1CC1CNC1)N1C(=NNC(=O)[C@@H]1C)CO2.Cc1cc2c(cc1CC1CNC1)N1C(=NNC(=O)[C@H]1C)CO2. The maximum Gasteiger partial charge on any atom is 0.300 e. The number of hydrazone groups is 2. The van der Waals surface area contributed by atoms with Gasteiger partial charge in [-0.2, -0.15) is 10.2 Å². The lowest BCUT2D eigenvalue weighted by molar-refractivity contribution is -0.135. The van der Waals surface area contributed by atoms with Gasteiger partial charge >= 0.3 is 0 Å². The van der Waals surface area contributed by atoms with E-state index < -0.39 is 11.9 Å². The van der Waals surface area contributed by atoms with Gasteiger partial charge in [-0.1, -0.05) is 0 Å². The van der Waals surface area contributed by atoms with Crippen LogP contribution < -0.4 is 40.8 Å². The highest BCUT2D eigenvalue weighted by atomic mass is 16.5. The van der Waals surface area contributed by atoms with Crippen LogP contribution in [-0.2, 0) is 32.0 Å². The number of aryl methyl sites for hydroxylation is 2. The summed E-state index contributed by atoms with van der Waals surface area (Å²) in [6.45, 7) is 15.3. The molecule has 2 aromatic carbocycles. The van der Waals surface area contributed by atoms with Crippen LogP contribution in [0, 0.1) is 25.7 Å². The molecular formula is C36H48N8O8. The number of ether oxygens (including phenoxy) is 2. The van der Waals surface area contributed by atoms with E-state index in [1.807, 2.05) is 23.6 Å². The van der Waals surface area contributed by atoms with Gasteiger partial charge in [-0.05, 0) is 125 Å². The van der Waals surface area contributed by atoms with Crippen LogP contribution in [0.15, 0.2) is 34.5 Å². The molecule has 2 atom stereocenters. The minimum Gasteiger partial charge on any atom is -0.483 e. The molecule has 6 N–H and O–H groups in total. The van der Waals surface area contributed by atoms with Gasteiger partial charge in [-0.25, -0.2) is 10.9 Å². The molecular weight excluding hydrogens is 672 g/mol. The largest absolute Gasteiger partial charge is 0.483 e. The van der Waals surface area contributed by atoms with Crippen molar-refractivity contribution in [2.24, 2.45) is 22.0 Å². The monoisotopic (exact) mass is 720 g/mol. The summed E-state index contributed by atoms with van der Waals surface area (Å²) < 4.78 is 11.6. The first-order valence-corrected chi connectivity index (χ1v) is 17.4. The Morgan fingerprint density at radius 3 is 1.37 bits per heavy atom. The van der Waals surface area contributed by atoms with E-state index in [1.165, 1.54) is 22.3 Å². The van der Waals surface area contributed by atoms with Crippen molar-refractivity contribution in [1.29, 1.82) is 0 Å². The minimum atomic E-state index is -0.833. The predicted octanol–water partition coefficient (Wildman–Crippen LogP) is 1.76. The maximum absolute atomic E-state index is 11.9. The van der Waals surface area contributed by atoms with Gasteiger partial charge in [-0.3, -0.25) is 19.2 Å². The number of nitrogens with zero attached hydrogens (tertiary/aromatic N) is 4. The Bertz CT molecular complexity index is 1640. The van der Waals surface area contributed by atoms with Crippen molar-refractivity contribution >= 4 is 46.8 Å². The summed E-state index contributed by atoms with van der Waals surface area (Å²) in [6, 6.07) is 7.99. The Kier molecular flexibility index (Phi) is 12.0. The maximum atomic E-state index is 11.9. The normalized spacial score (nSPS) is 21.0. The summed E-state index contributed by atoms with van der Waals surface area (Å²) in [5, 5.41) is 29.7. The highest BCUT2D eigenvalue weighted by Gasteiger charge is 2.37. The first-order valence-electron chi connectivity index (χ1n) is 17.4. The van der Waals surface area contributed by atoms with Gasteiger partial charge in [-0.15, -0.1) is 0 Å². The van der Waals surface area contributed by atoms with Gasteiger partial charge in [0.1, 0.15) is 36.8 Å². The molecule has 2 fully saturated rings. The van der Waals surface area contributed by atoms with Crippen LogP contribution in [0.2, 0.25) is 0 Å². The molecule has 6 aliphatic rings. The molecule has 6 heterocycles. The number of hydrogen-bond donors (Lipinski definition) is 6. The fraction of sp³-hybridized carbons (Fsp3) is 0.500. The lowest BCUT2D eigenvalue weighted by Gasteiger charge is -2.38. The van der Waals surface area contributed by atoms with E-state index >= 15 is 0 Å². The lowest BCUT2D eigenvalue weighted by Crippen LogP contribution is -2.55. The van der Waals surface area contributed by atoms with Crippen LogP contribution in [-0.4, -0.2) is 97.1 Å². The van der Waals surface area contributed by atoms with Gasteiger partial charge in [0.25, 0.3) is 23.8 Å². The van der Waals surface area contributed by atoms with Crippen molar-refractivity contribution in [3.8, 4) is 11.5 Å². The fourth-order valence-corrected chi connectivity index (χ4v) is 6.48. The zero-order valence-electron chi connectivity index (χ0n) is 30.4.